The Bertz CT molecular complexity index is 465. The Morgan fingerprint density at radius 1 is 1.47 bits per heavy atom. The second-order valence-electron chi connectivity index (χ2n) is 2.96. The molecule has 5 nitrogen and oxygen atoms in total. The summed E-state index contributed by atoms with van der Waals surface area (Å²) >= 11 is 0. The molecule has 0 amide bonds. The maximum atomic E-state index is 10.7. The number of esters is 1. The van der Waals surface area contributed by atoms with Crippen LogP contribution in [0.25, 0.3) is 11.3 Å². The minimum Gasteiger partial charge on any atom is -0.425 e. The average molecular weight is 203 g/mol. The van der Waals surface area contributed by atoms with Crippen LogP contribution in [0.5, 0.6) is 5.75 Å². The first-order valence-electron chi connectivity index (χ1n) is 4.39. The molecule has 0 aromatic carbocycles. The predicted molar refractivity (Wildman–Crippen MR) is 53.1 cm³/mol. The van der Waals surface area contributed by atoms with E-state index in [1.807, 2.05) is 6.07 Å². The van der Waals surface area contributed by atoms with E-state index in [0.29, 0.717) is 5.75 Å². The highest BCUT2D eigenvalue weighted by Crippen LogP contribution is 2.20. The molecule has 0 fully saturated rings. The summed E-state index contributed by atoms with van der Waals surface area (Å²) < 4.78 is 4.91. The van der Waals surface area contributed by atoms with Gasteiger partial charge in [-0.2, -0.15) is 5.10 Å². The summed E-state index contributed by atoms with van der Waals surface area (Å²) in [7, 11) is 0. The van der Waals surface area contributed by atoms with E-state index in [4.69, 9.17) is 4.74 Å². The van der Waals surface area contributed by atoms with Gasteiger partial charge in [0, 0.05) is 24.9 Å². The number of H-pyrrole nitrogens is 1. The number of carbonyl (C=O) groups excluding carboxylic acids is 1. The van der Waals surface area contributed by atoms with Gasteiger partial charge >= 0.3 is 5.97 Å². The third-order valence-corrected chi connectivity index (χ3v) is 1.77. The zero-order valence-electron chi connectivity index (χ0n) is 8.10. The first-order valence-corrected chi connectivity index (χ1v) is 4.39. The monoisotopic (exact) mass is 203 g/mol. The fourth-order valence-corrected chi connectivity index (χ4v) is 1.20. The van der Waals surface area contributed by atoms with Crippen LogP contribution >= 0.6 is 0 Å². The van der Waals surface area contributed by atoms with Gasteiger partial charge in [-0.1, -0.05) is 0 Å². The lowest BCUT2D eigenvalue weighted by Crippen LogP contribution is -2.01. The van der Waals surface area contributed by atoms with Crippen LogP contribution in [0.4, 0.5) is 0 Å². The number of pyridine rings is 1. The number of nitrogens with one attached hydrogen (secondary N) is 1. The lowest BCUT2D eigenvalue weighted by Gasteiger charge is -2.01. The number of hydrogen-bond donors (Lipinski definition) is 1. The lowest BCUT2D eigenvalue weighted by atomic mass is 10.2. The zero-order valence-corrected chi connectivity index (χ0v) is 8.10. The molecule has 1 N–H and O–H groups in total. The van der Waals surface area contributed by atoms with E-state index in [2.05, 4.69) is 15.2 Å². The van der Waals surface area contributed by atoms with Gasteiger partial charge in [0.05, 0.1) is 11.9 Å². The molecule has 0 bridgehead atoms. The van der Waals surface area contributed by atoms with E-state index in [-0.39, 0.29) is 5.97 Å². The Balaban J connectivity index is 2.31. The second-order valence-corrected chi connectivity index (χ2v) is 2.96. The standard InChI is InChI=1S/C10H9N3O2/c1-7(14)15-9-4-8(5-11-6-9)10-2-3-12-13-10/h2-6H,1H3,(H,12,13). The normalized spacial score (nSPS) is 9.93. The third-order valence-electron chi connectivity index (χ3n) is 1.77. The summed E-state index contributed by atoms with van der Waals surface area (Å²) in [6, 6.07) is 3.53. The van der Waals surface area contributed by atoms with Gasteiger partial charge in [0.2, 0.25) is 0 Å². The van der Waals surface area contributed by atoms with Crippen molar-refractivity contribution in [3.63, 3.8) is 0 Å². The van der Waals surface area contributed by atoms with Gasteiger partial charge in [-0.05, 0) is 12.1 Å². The van der Waals surface area contributed by atoms with Crippen LogP contribution in [0.15, 0.2) is 30.7 Å². The number of rotatable bonds is 2. The molecule has 0 unspecified atom stereocenters. The molecular weight excluding hydrogens is 194 g/mol. The van der Waals surface area contributed by atoms with E-state index < -0.39 is 0 Å². The predicted octanol–water partition coefficient (Wildman–Crippen LogP) is 1.40. The molecule has 0 saturated heterocycles. The van der Waals surface area contributed by atoms with Gasteiger partial charge in [0.1, 0.15) is 5.75 Å². The van der Waals surface area contributed by atoms with Crippen LogP contribution in [-0.2, 0) is 4.79 Å². The highest BCUT2D eigenvalue weighted by molar-refractivity contribution is 5.70. The van der Waals surface area contributed by atoms with E-state index in [1.54, 1.807) is 18.5 Å². The second kappa shape index (κ2) is 3.91. The van der Waals surface area contributed by atoms with E-state index in [1.165, 1.54) is 13.1 Å². The van der Waals surface area contributed by atoms with Crippen molar-refractivity contribution in [3.8, 4) is 17.0 Å². The summed E-state index contributed by atoms with van der Waals surface area (Å²) in [4.78, 5) is 14.7. The summed E-state index contributed by atoms with van der Waals surface area (Å²) in [5, 5.41) is 6.70. The third kappa shape index (κ3) is 2.19. The first-order chi connectivity index (χ1) is 7.25. The van der Waals surface area contributed by atoms with Crippen molar-refractivity contribution in [2.75, 3.05) is 0 Å². The van der Waals surface area contributed by atoms with Crippen LogP contribution in [-0.4, -0.2) is 21.2 Å². The molecule has 5 heteroatoms. The van der Waals surface area contributed by atoms with Gasteiger partial charge in [0.15, 0.2) is 0 Å². The Kier molecular flexibility index (Phi) is 2.45. The fourth-order valence-electron chi connectivity index (χ4n) is 1.20. The molecular formula is C10H9N3O2. The average Bonchev–Trinajstić information content (AvgIpc) is 2.69. The number of carbonyl (C=O) groups is 1. The number of ether oxygens (including phenoxy) is 1. The van der Waals surface area contributed by atoms with Crippen LogP contribution in [0.3, 0.4) is 0 Å². The van der Waals surface area contributed by atoms with Crippen LogP contribution in [0, 0.1) is 0 Å². The number of hydrogen-bond acceptors (Lipinski definition) is 4. The Labute approximate surface area is 86.1 Å². The molecule has 0 spiro atoms. The minimum absolute atomic E-state index is 0.365. The first kappa shape index (κ1) is 9.39. The molecule has 2 rings (SSSR count). The Hall–Kier alpha value is -2.17. The summed E-state index contributed by atoms with van der Waals surface area (Å²) in [5.74, 6) is 0.0546. The van der Waals surface area contributed by atoms with E-state index >= 15 is 0 Å². The minimum atomic E-state index is -0.365. The summed E-state index contributed by atoms with van der Waals surface area (Å²) in [6.07, 6.45) is 4.86. The molecule has 2 aromatic heterocycles. The summed E-state index contributed by atoms with van der Waals surface area (Å²) in [5.41, 5.74) is 1.56. The quantitative estimate of drug-likeness (QED) is 0.749. The van der Waals surface area contributed by atoms with Gasteiger partial charge in [-0.3, -0.25) is 14.9 Å². The maximum Gasteiger partial charge on any atom is 0.308 e. The molecule has 15 heavy (non-hydrogen) atoms. The van der Waals surface area contributed by atoms with E-state index in [0.717, 1.165) is 11.3 Å². The topological polar surface area (TPSA) is 67.9 Å². The zero-order chi connectivity index (χ0) is 10.7. The Morgan fingerprint density at radius 3 is 3.00 bits per heavy atom. The van der Waals surface area contributed by atoms with Gasteiger partial charge in [-0.15, -0.1) is 0 Å². The van der Waals surface area contributed by atoms with Crippen molar-refractivity contribution >= 4 is 5.97 Å². The molecule has 0 saturated carbocycles. The molecule has 2 heterocycles. The maximum absolute atomic E-state index is 10.7. The highest BCUT2D eigenvalue weighted by Gasteiger charge is 2.03. The molecule has 0 aliphatic rings. The summed E-state index contributed by atoms with van der Waals surface area (Å²) in [6.45, 7) is 1.35. The van der Waals surface area contributed by atoms with Crippen molar-refractivity contribution in [1.29, 1.82) is 0 Å². The van der Waals surface area contributed by atoms with Crippen LogP contribution in [0.1, 0.15) is 6.92 Å². The van der Waals surface area contributed by atoms with Gasteiger partial charge < -0.3 is 4.74 Å². The van der Waals surface area contributed by atoms with Gasteiger partial charge in [0.25, 0.3) is 0 Å². The van der Waals surface area contributed by atoms with Crippen LogP contribution in [0.2, 0.25) is 0 Å². The molecule has 0 radical (unpaired) electrons. The molecule has 76 valence electrons. The molecule has 0 atom stereocenters. The smallest absolute Gasteiger partial charge is 0.308 e. The Morgan fingerprint density at radius 2 is 2.33 bits per heavy atom. The molecule has 2 aromatic rings. The SMILES string of the molecule is CC(=O)Oc1cncc(-c2cc[nH]n2)c1. The highest BCUT2D eigenvalue weighted by atomic mass is 16.5. The fraction of sp³-hybridized carbons (Fsp3) is 0.100. The van der Waals surface area contributed by atoms with Crippen molar-refractivity contribution in [3.05, 3.63) is 30.7 Å². The van der Waals surface area contributed by atoms with Crippen molar-refractivity contribution in [2.45, 2.75) is 6.92 Å². The number of nitrogens with zero attached hydrogens (tertiary/aromatic N) is 2. The van der Waals surface area contributed by atoms with E-state index in [9.17, 15) is 4.79 Å². The number of aromatic amines is 1. The number of aromatic nitrogens is 3. The largest absolute Gasteiger partial charge is 0.425 e. The lowest BCUT2D eigenvalue weighted by molar-refractivity contribution is -0.131. The van der Waals surface area contributed by atoms with Crippen LogP contribution < -0.4 is 4.74 Å². The van der Waals surface area contributed by atoms with Gasteiger partial charge in [-0.25, -0.2) is 0 Å². The van der Waals surface area contributed by atoms with Crippen molar-refractivity contribution in [1.82, 2.24) is 15.2 Å². The van der Waals surface area contributed by atoms with Crippen molar-refractivity contribution in [2.24, 2.45) is 0 Å². The van der Waals surface area contributed by atoms with Crippen molar-refractivity contribution < 1.29 is 9.53 Å². The molecule has 0 aliphatic carbocycles. The molecule has 0 aliphatic heterocycles.